The van der Waals surface area contributed by atoms with E-state index in [9.17, 15) is 23.2 Å². The molecule has 0 bridgehead atoms. The van der Waals surface area contributed by atoms with E-state index in [2.05, 4.69) is 6.58 Å². The van der Waals surface area contributed by atoms with E-state index in [1.54, 1.807) is 0 Å². The molecule has 0 aliphatic rings. The van der Waals surface area contributed by atoms with Crippen LogP contribution in [0.3, 0.4) is 0 Å². The maximum atomic E-state index is 14.4. The Morgan fingerprint density at radius 2 is 1.46 bits per heavy atom. The van der Waals surface area contributed by atoms with Crippen LogP contribution in [0.25, 0.3) is 0 Å². The molecule has 150 valence electrons. The first kappa shape index (κ1) is 24.0. The number of halogens is 2. The van der Waals surface area contributed by atoms with Crippen LogP contribution < -0.4 is 0 Å². The number of hydrogen-bond acceptors (Lipinski definition) is 6. The van der Waals surface area contributed by atoms with E-state index in [1.807, 2.05) is 0 Å². The van der Waals surface area contributed by atoms with Crippen LogP contribution in [0.1, 0.15) is 53.9 Å². The smallest absolute Gasteiger partial charge is 0.344 e. The summed E-state index contributed by atoms with van der Waals surface area (Å²) in [5, 5.41) is 0. The third-order valence-corrected chi connectivity index (χ3v) is 4.00. The summed E-state index contributed by atoms with van der Waals surface area (Å²) in [5.41, 5.74) is -4.31. The van der Waals surface area contributed by atoms with Gasteiger partial charge >= 0.3 is 17.9 Å². The van der Waals surface area contributed by atoms with Gasteiger partial charge in [-0.1, -0.05) is 27.4 Å². The van der Waals surface area contributed by atoms with Crippen molar-refractivity contribution in [2.45, 2.75) is 71.3 Å². The van der Waals surface area contributed by atoms with Crippen LogP contribution in [0.5, 0.6) is 0 Å². The maximum Gasteiger partial charge on any atom is 0.344 e. The molecule has 2 atom stereocenters. The topological polar surface area (TPSA) is 78.9 Å². The third kappa shape index (κ3) is 7.09. The van der Waals surface area contributed by atoms with Gasteiger partial charge in [-0.2, -0.15) is 0 Å². The van der Waals surface area contributed by atoms with Crippen molar-refractivity contribution in [1.29, 1.82) is 0 Å². The van der Waals surface area contributed by atoms with Gasteiger partial charge in [0.05, 0.1) is 0 Å². The lowest BCUT2D eigenvalue weighted by Crippen LogP contribution is -2.41. The number of esters is 3. The first-order valence-corrected chi connectivity index (χ1v) is 8.52. The van der Waals surface area contributed by atoms with Crippen molar-refractivity contribution in [2.24, 2.45) is 0 Å². The fourth-order valence-electron chi connectivity index (χ4n) is 1.67. The van der Waals surface area contributed by atoms with Gasteiger partial charge in [-0.15, -0.1) is 0 Å². The zero-order valence-corrected chi connectivity index (χ0v) is 16.0. The highest BCUT2D eigenvalue weighted by Crippen LogP contribution is 2.23. The molecule has 0 aromatic heterocycles. The minimum atomic E-state index is -2.21. The lowest BCUT2D eigenvalue weighted by atomic mass is 10.0. The van der Waals surface area contributed by atoms with Gasteiger partial charge in [0.1, 0.15) is 13.2 Å². The van der Waals surface area contributed by atoms with Gasteiger partial charge in [0.15, 0.2) is 6.10 Å². The van der Waals surface area contributed by atoms with Crippen molar-refractivity contribution >= 4 is 17.9 Å². The predicted octanol–water partition coefficient (Wildman–Crippen LogP) is 3.23. The maximum absolute atomic E-state index is 14.4. The average molecular weight is 378 g/mol. The average Bonchev–Trinajstić information content (AvgIpc) is 2.61. The fraction of sp³-hybridized carbons (Fsp3) is 0.722. The summed E-state index contributed by atoms with van der Waals surface area (Å²) in [5.74, 6) is -3.06. The zero-order chi connectivity index (χ0) is 20.5. The monoisotopic (exact) mass is 378 g/mol. The summed E-state index contributed by atoms with van der Waals surface area (Å²) in [6, 6.07) is 0. The van der Waals surface area contributed by atoms with Crippen molar-refractivity contribution < 1.29 is 37.4 Å². The van der Waals surface area contributed by atoms with E-state index in [1.165, 1.54) is 27.7 Å². The first-order chi connectivity index (χ1) is 11.9. The van der Waals surface area contributed by atoms with Gasteiger partial charge in [-0.05, 0) is 33.1 Å². The van der Waals surface area contributed by atoms with Crippen LogP contribution in [-0.4, -0.2) is 48.6 Å². The number of rotatable bonds is 11. The quantitative estimate of drug-likeness (QED) is 0.312. The standard InChI is InChI=1S/C18H28F2O6/c1-7-17(6,19)15(22)25-11-13(10-24-14(21)12(4)5)26-16(23)18(20,8-2)9-3/h13H,4,7-11H2,1-3,5-6H3. The highest BCUT2D eigenvalue weighted by atomic mass is 19.1. The summed E-state index contributed by atoms with van der Waals surface area (Å²) in [7, 11) is 0. The van der Waals surface area contributed by atoms with Crippen LogP contribution in [0.2, 0.25) is 0 Å². The second kappa shape index (κ2) is 10.2. The number of alkyl halides is 2. The zero-order valence-electron chi connectivity index (χ0n) is 16.0. The van der Waals surface area contributed by atoms with Crippen LogP contribution >= 0.6 is 0 Å². The summed E-state index contributed by atoms with van der Waals surface area (Å²) >= 11 is 0. The van der Waals surface area contributed by atoms with E-state index >= 15 is 0 Å². The normalized spacial score (nSPS) is 14.7. The number of ether oxygens (including phenoxy) is 3. The van der Waals surface area contributed by atoms with Gasteiger partial charge in [0, 0.05) is 5.57 Å². The molecule has 6 nitrogen and oxygen atoms in total. The molecule has 0 amide bonds. The van der Waals surface area contributed by atoms with Gasteiger partial charge in [-0.3, -0.25) is 0 Å². The molecule has 2 unspecified atom stereocenters. The molecular formula is C18H28F2O6. The minimum Gasteiger partial charge on any atom is -0.459 e. The Morgan fingerprint density at radius 1 is 0.962 bits per heavy atom. The molecule has 0 aliphatic carbocycles. The molecule has 0 spiro atoms. The van der Waals surface area contributed by atoms with Crippen molar-refractivity contribution in [1.82, 2.24) is 0 Å². The molecule has 26 heavy (non-hydrogen) atoms. The molecule has 0 saturated heterocycles. The van der Waals surface area contributed by atoms with Crippen LogP contribution in [0.15, 0.2) is 12.2 Å². The SMILES string of the molecule is C=C(C)C(=O)OCC(COC(=O)C(C)(F)CC)OC(=O)C(F)(CC)CC. The Labute approximate surface area is 152 Å². The first-order valence-electron chi connectivity index (χ1n) is 8.52. The molecule has 0 aromatic rings. The van der Waals surface area contributed by atoms with Crippen molar-refractivity contribution in [3.8, 4) is 0 Å². The lowest BCUT2D eigenvalue weighted by Gasteiger charge is -2.25. The van der Waals surface area contributed by atoms with Gasteiger partial charge in [0.2, 0.25) is 11.3 Å². The van der Waals surface area contributed by atoms with Crippen molar-refractivity contribution in [2.75, 3.05) is 13.2 Å². The molecule has 0 aliphatic heterocycles. The van der Waals surface area contributed by atoms with Gasteiger partial charge < -0.3 is 14.2 Å². The molecule has 0 saturated carbocycles. The number of carbonyl (C=O) groups excluding carboxylic acids is 3. The molecule has 0 N–H and O–H groups in total. The Morgan fingerprint density at radius 3 is 1.88 bits per heavy atom. The van der Waals surface area contributed by atoms with E-state index in [0.717, 1.165) is 6.92 Å². The Kier molecular flexibility index (Phi) is 9.45. The van der Waals surface area contributed by atoms with E-state index in [4.69, 9.17) is 14.2 Å². The van der Waals surface area contributed by atoms with Crippen LogP contribution in [0.4, 0.5) is 8.78 Å². The highest BCUT2D eigenvalue weighted by molar-refractivity contribution is 5.87. The number of carbonyl (C=O) groups is 3. The molecular weight excluding hydrogens is 350 g/mol. The molecule has 0 fully saturated rings. The fourth-order valence-corrected chi connectivity index (χ4v) is 1.67. The number of hydrogen-bond donors (Lipinski definition) is 0. The minimum absolute atomic E-state index is 0.108. The predicted molar refractivity (Wildman–Crippen MR) is 90.8 cm³/mol. The second-order valence-electron chi connectivity index (χ2n) is 6.23. The van der Waals surface area contributed by atoms with E-state index < -0.39 is 48.6 Å². The van der Waals surface area contributed by atoms with E-state index in [-0.39, 0.29) is 24.8 Å². The van der Waals surface area contributed by atoms with Gasteiger partial charge in [-0.25, -0.2) is 23.2 Å². The lowest BCUT2D eigenvalue weighted by molar-refractivity contribution is -0.178. The summed E-state index contributed by atoms with van der Waals surface area (Å²) in [6.07, 6.45) is -1.60. The summed E-state index contributed by atoms with van der Waals surface area (Å²) in [4.78, 5) is 35.2. The summed E-state index contributed by atoms with van der Waals surface area (Å²) in [6.45, 7) is 9.25. The molecule has 0 heterocycles. The molecule has 0 radical (unpaired) electrons. The Hall–Kier alpha value is -1.99. The highest BCUT2D eigenvalue weighted by Gasteiger charge is 2.39. The van der Waals surface area contributed by atoms with Gasteiger partial charge in [0.25, 0.3) is 0 Å². The third-order valence-electron chi connectivity index (χ3n) is 4.00. The van der Waals surface area contributed by atoms with Crippen LogP contribution in [0, 0.1) is 0 Å². The van der Waals surface area contributed by atoms with E-state index in [0.29, 0.717) is 0 Å². The molecule has 0 aromatic carbocycles. The molecule has 0 rings (SSSR count). The Balaban J connectivity index is 5.06. The van der Waals surface area contributed by atoms with Crippen molar-refractivity contribution in [3.05, 3.63) is 12.2 Å². The summed E-state index contributed by atoms with van der Waals surface area (Å²) < 4.78 is 43.0. The molecule has 8 heteroatoms. The Bertz CT molecular complexity index is 526. The second-order valence-corrected chi connectivity index (χ2v) is 6.23. The van der Waals surface area contributed by atoms with Crippen molar-refractivity contribution in [3.63, 3.8) is 0 Å². The van der Waals surface area contributed by atoms with Crippen LogP contribution in [-0.2, 0) is 28.6 Å². The largest absolute Gasteiger partial charge is 0.459 e.